The molecule has 0 aliphatic carbocycles. The Kier molecular flexibility index (Phi) is 6.21. The zero-order valence-corrected chi connectivity index (χ0v) is 27.6. The van der Waals surface area contributed by atoms with E-state index in [0.29, 0.717) is 0 Å². The molecule has 5 aromatic carbocycles. The van der Waals surface area contributed by atoms with Crippen LogP contribution >= 0.6 is 0 Å². The number of hydrogen-bond acceptors (Lipinski definition) is 1. The van der Waals surface area contributed by atoms with Gasteiger partial charge in [0.2, 0.25) is 0 Å². The van der Waals surface area contributed by atoms with Gasteiger partial charge in [0.25, 0.3) is 0 Å². The third-order valence-corrected chi connectivity index (χ3v) is 9.19. The molecule has 0 atom stereocenters. The van der Waals surface area contributed by atoms with E-state index in [9.17, 15) is 0 Å². The van der Waals surface area contributed by atoms with Crippen molar-refractivity contribution in [2.75, 3.05) is 0 Å². The second-order valence-electron chi connectivity index (χ2n) is 15.5. The van der Waals surface area contributed by atoms with Crippen molar-refractivity contribution in [1.29, 1.82) is 0 Å². The number of rotatable bonds is 2. The first-order chi connectivity index (χ1) is 20.7. The summed E-state index contributed by atoms with van der Waals surface area (Å²) in [7, 11) is 0. The fourth-order valence-corrected chi connectivity index (χ4v) is 6.92. The maximum atomic E-state index is 6.68. The summed E-state index contributed by atoms with van der Waals surface area (Å²) in [5.74, 6) is 0. The SMILES string of the molecule is CC(C)(C)c1cc(-c2cccc3oc4ccc(-n5c6ccccc6c6ccccc65)c(C(C)(C)C)c4c23)cc(C(C)(C)C)c1. The van der Waals surface area contributed by atoms with Crippen LogP contribution in [0.2, 0.25) is 0 Å². The largest absolute Gasteiger partial charge is 0.456 e. The second-order valence-corrected chi connectivity index (χ2v) is 15.5. The molecule has 0 unspecified atom stereocenters. The number of fused-ring (bicyclic) bond motifs is 6. The van der Waals surface area contributed by atoms with Crippen molar-refractivity contribution in [3.63, 3.8) is 0 Å². The lowest BCUT2D eigenvalue weighted by Gasteiger charge is -2.27. The van der Waals surface area contributed by atoms with Gasteiger partial charge in [0, 0.05) is 21.5 Å². The van der Waals surface area contributed by atoms with Crippen LogP contribution in [0.25, 0.3) is 60.6 Å². The Morgan fingerprint density at radius 1 is 0.500 bits per heavy atom. The van der Waals surface area contributed by atoms with Gasteiger partial charge in [0.15, 0.2) is 0 Å². The molecule has 2 aromatic heterocycles. The molecule has 0 amide bonds. The van der Waals surface area contributed by atoms with Gasteiger partial charge >= 0.3 is 0 Å². The van der Waals surface area contributed by atoms with E-state index in [1.165, 1.54) is 66.1 Å². The number of furan rings is 1. The van der Waals surface area contributed by atoms with Crippen LogP contribution in [-0.2, 0) is 16.2 Å². The van der Waals surface area contributed by atoms with Crippen LogP contribution in [0.5, 0.6) is 0 Å². The number of hydrogen-bond donors (Lipinski definition) is 0. The number of aromatic nitrogens is 1. The molecule has 0 fully saturated rings. The molecule has 222 valence electrons. The first kappa shape index (κ1) is 28.5. The second kappa shape index (κ2) is 9.60. The van der Waals surface area contributed by atoms with E-state index in [4.69, 9.17) is 4.42 Å². The average molecular weight is 578 g/mol. The summed E-state index contributed by atoms with van der Waals surface area (Å²) in [4.78, 5) is 0. The van der Waals surface area contributed by atoms with Crippen LogP contribution in [0.4, 0.5) is 0 Å². The summed E-state index contributed by atoms with van der Waals surface area (Å²) in [5, 5.41) is 4.95. The van der Waals surface area contributed by atoms with Gasteiger partial charge < -0.3 is 8.98 Å². The van der Waals surface area contributed by atoms with Crippen molar-refractivity contribution in [3.05, 3.63) is 114 Å². The van der Waals surface area contributed by atoms with E-state index in [1.54, 1.807) is 0 Å². The van der Waals surface area contributed by atoms with Gasteiger partial charge in [0.1, 0.15) is 11.2 Å². The highest BCUT2D eigenvalue weighted by Crippen LogP contribution is 2.46. The van der Waals surface area contributed by atoms with Crippen molar-refractivity contribution in [1.82, 2.24) is 4.57 Å². The number of benzene rings is 5. The maximum Gasteiger partial charge on any atom is 0.136 e. The topological polar surface area (TPSA) is 18.1 Å². The molecule has 0 saturated carbocycles. The molecule has 2 nitrogen and oxygen atoms in total. The van der Waals surface area contributed by atoms with E-state index in [2.05, 4.69) is 164 Å². The van der Waals surface area contributed by atoms with Gasteiger partial charge in [-0.15, -0.1) is 0 Å². The Bertz CT molecular complexity index is 2130. The highest BCUT2D eigenvalue weighted by Gasteiger charge is 2.29. The Labute approximate surface area is 261 Å². The average Bonchev–Trinajstić information content (AvgIpc) is 3.51. The summed E-state index contributed by atoms with van der Waals surface area (Å²) in [5.41, 5.74) is 11.9. The first-order valence-corrected chi connectivity index (χ1v) is 15.9. The summed E-state index contributed by atoms with van der Waals surface area (Å²) >= 11 is 0. The number of para-hydroxylation sites is 2. The minimum atomic E-state index is -0.158. The molecule has 7 rings (SSSR count). The highest BCUT2D eigenvalue weighted by atomic mass is 16.3. The zero-order valence-electron chi connectivity index (χ0n) is 27.6. The van der Waals surface area contributed by atoms with Gasteiger partial charge in [-0.05, 0) is 74.4 Å². The van der Waals surface area contributed by atoms with E-state index in [1.807, 2.05) is 0 Å². The molecule has 0 aliphatic rings. The lowest BCUT2D eigenvalue weighted by Crippen LogP contribution is -2.16. The summed E-state index contributed by atoms with van der Waals surface area (Å²) in [6.45, 7) is 20.8. The summed E-state index contributed by atoms with van der Waals surface area (Å²) < 4.78 is 9.15. The normalized spacial score (nSPS) is 13.1. The van der Waals surface area contributed by atoms with E-state index in [-0.39, 0.29) is 16.2 Å². The fourth-order valence-electron chi connectivity index (χ4n) is 6.92. The predicted molar refractivity (Wildman–Crippen MR) is 190 cm³/mol. The fraction of sp³-hybridized carbons (Fsp3) is 0.286. The molecule has 2 heteroatoms. The minimum Gasteiger partial charge on any atom is -0.456 e. The Morgan fingerprint density at radius 2 is 1.05 bits per heavy atom. The molecule has 2 heterocycles. The van der Waals surface area contributed by atoms with E-state index < -0.39 is 0 Å². The molecule has 0 radical (unpaired) electrons. The van der Waals surface area contributed by atoms with Gasteiger partial charge in [-0.1, -0.05) is 129 Å². The highest BCUT2D eigenvalue weighted by molar-refractivity contribution is 6.16. The van der Waals surface area contributed by atoms with Crippen molar-refractivity contribution < 1.29 is 4.42 Å². The van der Waals surface area contributed by atoms with Crippen LogP contribution in [0.15, 0.2) is 101 Å². The smallest absolute Gasteiger partial charge is 0.136 e. The van der Waals surface area contributed by atoms with Crippen molar-refractivity contribution in [2.24, 2.45) is 0 Å². The van der Waals surface area contributed by atoms with Gasteiger partial charge in [-0.25, -0.2) is 0 Å². The number of nitrogens with zero attached hydrogens (tertiary/aromatic N) is 1. The molecule has 0 saturated heterocycles. The van der Waals surface area contributed by atoms with E-state index in [0.717, 1.165) is 11.2 Å². The van der Waals surface area contributed by atoms with Crippen molar-refractivity contribution in [2.45, 2.75) is 78.6 Å². The van der Waals surface area contributed by atoms with Crippen LogP contribution in [0, 0.1) is 0 Å². The lowest BCUT2D eigenvalue weighted by molar-refractivity contribution is 0.569. The minimum absolute atomic E-state index is 0.0304. The Morgan fingerprint density at radius 3 is 1.59 bits per heavy atom. The van der Waals surface area contributed by atoms with Gasteiger partial charge in [-0.2, -0.15) is 0 Å². The van der Waals surface area contributed by atoms with Crippen LogP contribution < -0.4 is 0 Å². The van der Waals surface area contributed by atoms with Crippen molar-refractivity contribution in [3.8, 4) is 16.8 Å². The Hall–Kier alpha value is -4.30. The standard InChI is InChI=1S/C42H43NO/c1-40(2,3)27-23-26(24-28(25-27)41(4,5)6)29-17-14-20-35-37(29)38-36(44-35)22-21-34(39(38)42(7,8)9)43-32-18-12-10-15-30(32)31-16-11-13-19-33(31)43/h10-25H,1-9H3. The molecule has 0 bridgehead atoms. The van der Waals surface area contributed by atoms with Crippen molar-refractivity contribution >= 4 is 43.7 Å². The molecular formula is C42H43NO. The van der Waals surface area contributed by atoms with Gasteiger partial charge in [0.05, 0.1) is 16.7 Å². The third-order valence-electron chi connectivity index (χ3n) is 9.19. The lowest BCUT2D eigenvalue weighted by atomic mass is 9.78. The zero-order chi connectivity index (χ0) is 31.2. The molecule has 0 spiro atoms. The monoisotopic (exact) mass is 577 g/mol. The first-order valence-electron chi connectivity index (χ1n) is 15.9. The molecule has 7 aromatic rings. The van der Waals surface area contributed by atoms with Crippen LogP contribution in [0.1, 0.15) is 79.0 Å². The predicted octanol–water partition coefficient (Wildman–Crippen LogP) is 12.2. The summed E-state index contributed by atoms with van der Waals surface area (Å²) in [6.07, 6.45) is 0. The maximum absolute atomic E-state index is 6.68. The molecule has 44 heavy (non-hydrogen) atoms. The third kappa shape index (κ3) is 4.46. The molecule has 0 N–H and O–H groups in total. The van der Waals surface area contributed by atoms with Gasteiger partial charge in [-0.3, -0.25) is 0 Å². The van der Waals surface area contributed by atoms with E-state index >= 15 is 0 Å². The Balaban J connectivity index is 1.63. The molecule has 0 aliphatic heterocycles. The van der Waals surface area contributed by atoms with Crippen LogP contribution in [0.3, 0.4) is 0 Å². The summed E-state index contributed by atoms with van der Waals surface area (Å²) in [6, 6.07) is 35.7. The quantitative estimate of drug-likeness (QED) is 0.200. The molecular weight excluding hydrogens is 534 g/mol. The van der Waals surface area contributed by atoms with Crippen LogP contribution in [-0.4, -0.2) is 4.57 Å².